The van der Waals surface area contributed by atoms with Gasteiger partial charge in [-0.05, 0) is 0 Å². The van der Waals surface area contributed by atoms with Crippen molar-refractivity contribution in [1.82, 2.24) is 4.75 Å². The van der Waals surface area contributed by atoms with E-state index in [0.29, 0.717) is 8.59 Å². The van der Waals surface area contributed by atoms with Crippen LogP contribution in [0.5, 0.6) is 5.88 Å². The van der Waals surface area contributed by atoms with E-state index >= 15 is 0 Å². The fraction of sp³-hybridized carbons (Fsp3) is 0. The van der Waals surface area contributed by atoms with Crippen LogP contribution < -0.4 is 0 Å². The first-order chi connectivity index (χ1) is 2.89. The zero-order chi connectivity index (χ0) is 4.41. The smallest absolute Gasteiger partial charge is 0.254 e. The summed E-state index contributed by atoms with van der Waals surface area (Å²) in [7, 11) is 0.468. The van der Waals surface area contributed by atoms with Gasteiger partial charge < -0.3 is 9.30 Å². The van der Waals surface area contributed by atoms with Crippen LogP contribution in [0, 0.1) is 0 Å². The highest BCUT2D eigenvalue weighted by Gasteiger charge is 1.82. The number of hydrogen-bond donors (Lipinski definition) is 1. The lowest BCUT2D eigenvalue weighted by atomic mass is 10.9. The van der Waals surface area contributed by atoms with E-state index in [1.165, 1.54) is 6.26 Å². The van der Waals surface area contributed by atoms with Gasteiger partial charge in [0, 0.05) is 0 Å². The van der Waals surface area contributed by atoms with Crippen molar-refractivity contribution in [2.45, 2.75) is 0 Å². The van der Waals surface area contributed by atoms with Crippen molar-refractivity contribution in [3.63, 3.8) is 0 Å². The predicted octanol–water partition coefficient (Wildman–Crippen LogP) is 0.960. The number of aromatic nitrogens is 1. The second-order valence-electron chi connectivity index (χ2n) is 0.763. The Morgan fingerprint density at radius 1 is 2.00 bits per heavy atom. The Labute approximate surface area is 35.9 Å². The summed E-state index contributed by atoms with van der Waals surface area (Å²) in [5.41, 5.74) is 0. The molecule has 0 saturated heterocycles. The van der Waals surface area contributed by atoms with Crippen LogP contribution in [0.2, 0.25) is 0 Å². The van der Waals surface area contributed by atoms with E-state index in [4.69, 9.17) is 5.11 Å². The Hall–Kier alpha value is -0.560. The fourth-order valence-corrected chi connectivity index (χ4v) is 0.479. The third kappa shape index (κ3) is 0.494. The zero-order valence-corrected chi connectivity index (χ0v) is 3.72. The van der Waals surface area contributed by atoms with Gasteiger partial charge in [0.05, 0.1) is 0 Å². The maximum absolute atomic E-state index is 8.29. The lowest BCUT2D eigenvalue weighted by Gasteiger charge is -1.63. The monoisotopic (exact) mass is 103 g/mol. The van der Waals surface area contributed by atoms with Crippen molar-refractivity contribution in [3.8, 4) is 5.88 Å². The van der Waals surface area contributed by atoms with Crippen molar-refractivity contribution >= 4 is 8.59 Å². The highest BCUT2D eigenvalue weighted by Crippen LogP contribution is 2.08. The third-order valence-electron chi connectivity index (χ3n) is 0.349. The van der Waals surface area contributed by atoms with Crippen molar-refractivity contribution in [1.29, 1.82) is 0 Å². The number of nitrogens with zero attached hydrogens (tertiary/aromatic N) is 1. The molecule has 1 heterocycles. The second kappa shape index (κ2) is 1.27. The largest absolute Gasteiger partial charge is 0.491 e. The lowest BCUT2D eigenvalue weighted by molar-refractivity contribution is 0.448. The van der Waals surface area contributed by atoms with Gasteiger partial charge in [0.25, 0.3) is 5.88 Å². The quantitative estimate of drug-likeness (QED) is 0.531. The molecule has 0 spiro atoms. The first kappa shape index (κ1) is 3.62. The molecule has 0 amide bonds. The number of rotatable bonds is 0. The lowest BCUT2D eigenvalue weighted by Crippen LogP contribution is -1.48. The molecule has 1 aromatic rings. The van der Waals surface area contributed by atoms with Crippen LogP contribution in [0.15, 0.2) is 10.5 Å². The molecule has 32 valence electrons. The molecule has 4 heteroatoms. The summed E-state index contributed by atoms with van der Waals surface area (Å²) >= 11 is 0. The van der Waals surface area contributed by atoms with Crippen LogP contribution in [-0.2, 0) is 0 Å². The Bertz CT molecular complexity index is 115. The Morgan fingerprint density at radius 2 is 2.83 bits per heavy atom. The molecule has 3 nitrogen and oxygen atoms in total. The molecule has 0 atom stereocenters. The molecule has 0 aliphatic rings. The van der Waals surface area contributed by atoms with Gasteiger partial charge in [-0.3, -0.25) is 0 Å². The standard InChI is InChI=1S/C2H2NO2P/c4-2-1-5-6-3-2/h1,4H. The Balaban J connectivity index is 3.05. The van der Waals surface area contributed by atoms with E-state index in [1.54, 1.807) is 0 Å². The van der Waals surface area contributed by atoms with Gasteiger partial charge in [0.15, 0.2) is 6.26 Å². The first-order valence-corrected chi connectivity index (χ1v) is 2.12. The molecule has 0 aromatic carbocycles. The minimum Gasteiger partial charge on any atom is -0.491 e. The van der Waals surface area contributed by atoms with Crippen LogP contribution in [0.25, 0.3) is 0 Å². The summed E-state index contributed by atoms with van der Waals surface area (Å²) in [6.07, 6.45) is 1.20. The Kier molecular flexibility index (Phi) is 0.765. The van der Waals surface area contributed by atoms with Gasteiger partial charge in [0.1, 0.15) is 0 Å². The van der Waals surface area contributed by atoms with E-state index in [1.807, 2.05) is 0 Å². The van der Waals surface area contributed by atoms with Crippen molar-refractivity contribution in [2.24, 2.45) is 0 Å². The van der Waals surface area contributed by atoms with Crippen molar-refractivity contribution < 1.29 is 9.30 Å². The minimum absolute atomic E-state index is 0.0309. The molecule has 0 radical (unpaired) electrons. The van der Waals surface area contributed by atoms with E-state index < -0.39 is 0 Å². The molecule has 1 aromatic heterocycles. The summed E-state index contributed by atoms with van der Waals surface area (Å²) in [5.74, 6) is -0.0309. The molecule has 1 N–H and O–H groups in total. The zero-order valence-electron chi connectivity index (χ0n) is 2.83. The molecule has 0 unspecified atom stereocenters. The Morgan fingerprint density at radius 3 is 3.00 bits per heavy atom. The topological polar surface area (TPSA) is 46.3 Å². The van der Waals surface area contributed by atoms with E-state index in [2.05, 4.69) is 8.94 Å². The fourth-order valence-electron chi connectivity index (χ4n) is 0.160. The molecule has 0 aliphatic heterocycles. The molecule has 0 aliphatic carbocycles. The predicted molar refractivity (Wildman–Crippen MR) is 20.7 cm³/mol. The van der Waals surface area contributed by atoms with Gasteiger partial charge >= 0.3 is 0 Å². The van der Waals surface area contributed by atoms with Crippen LogP contribution in [-0.4, -0.2) is 9.85 Å². The summed E-state index contributed by atoms with van der Waals surface area (Å²) in [5, 5.41) is 8.29. The van der Waals surface area contributed by atoms with Crippen LogP contribution in [0.3, 0.4) is 0 Å². The molecule has 0 fully saturated rings. The van der Waals surface area contributed by atoms with E-state index in [0.717, 1.165) is 0 Å². The molecule has 1 rings (SSSR count). The number of aromatic hydroxyl groups is 1. The van der Waals surface area contributed by atoms with Gasteiger partial charge in [-0.25, -0.2) is 0 Å². The molecular formula is C2H2NO2P. The minimum atomic E-state index is -0.0309. The van der Waals surface area contributed by atoms with E-state index in [9.17, 15) is 0 Å². The summed E-state index contributed by atoms with van der Waals surface area (Å²) in [6, 6.07) is 0. The van der Waals surface area contributed by atoms with Gasteiger partial charge in [-0.15, -0.1) is 0 Å². The van der Waals surface area contributed by atoms with Crippen molar-refractivity contribution in [3.05, 3.63) is 6.26 Å². The van der Waals surface area contributed by atoms with Gasteiger partial charge in [-0.2, -0.15) is 4.75 Å². The van der Waals surface area contributed by atoms with Crippen LogP contribution in [0.1, 0.15) is 0 Å². The normalized spacial score (nSPS) is 10.0. The van der Waals surface area contributed by atoms with Crippen LogP contribution in [0.4, 0.5) is 0 Å². The number of hydrogen-bond acceptors (Lipinski definition) is 3. The van der Waals surface area contributed by atoms with Crippen molar-refractivity contribution in [2.75, 3.05) is 0 Å². The third-order valence-corrected chi connectivity index (χ3v) is 0.835. The average molecular weight is 103 g/mol. The summed E-state index contributed by atoms with van der Waals surface area (Å²) in [6.45, 7) is 0. The molecular weight excluding hydrogens is 101 g/mol. The first-order valence-electron chi connectivity index (χ1n) is 1.35. The summed E-state index contributed by atoms with van der Waals surface area (Å²) < 4.78 is 7.85. The second-order valence-corrected chi connectivity index (χ2v) is 1.34. The average Bonchev–Trinajstić information content (AvgIpc) is 1.86. The summed E-state index contributed by atoms with van der Waals surface area (Å²) in [4.78, 5) is 0. The SMILES string of the molecule is Oc1copn1. The molecule has 6 heavy (non-hydrogen) atoms. The maximum Gasteiger partial charge on any atom is 0.254 e. The van der Waals surface area contributed by atoms with Gasteiger partial charge in [0.2, 0.25) is 8.59 Å². The molecule has 0 bridgehead atoms. The molecule has 0 saturated carbocycles. The van der Waals surface area contributed by atoms with Gasteiger partial charge in [-0.1, -0.05) is 0 Å². The van der Waals surface area contributed by atoms with E-state index in [-0.39, 0.29) is 5.88 Å². The maximum atomic E-state index is 8.29. The highest BCUT2D eigenvalue weighted by molar-refractivity contribution is 7.18. The van der Waals surface area contributed by atoms with Crippen LogP contribution >= 0.6 is 8.59 Å². The highest BCUT2D eigenvalue weighted by atomic mass is 31.1.